The molecule has 0 saturated heterocycles. The molecule has 1 fully saturated rings. The van der Waals surface area contributed by atoms with Crippen molar-refractivity contribution in [1.82, 2.24) is 0 Å². The number of aliphatic carboxylic acids is 1. The number of hydrogen-bond donors (Lipinski definition) is 1. The van der Waals surface area contributed by atoms with Crippen molar-refractivity contribution in [3.63, 3.8) is 0 Å². The molecular formula is C11H18O2. The lowest BCUT2D eigenvalue weighted by atomic mass is 9.88. The monoisotopic (exact) mass is 182 g/mol. The van der Waals surface area contributed by atoms with Gasteiger partial charge in [0.1, 0.15) is 0 Å². The normalized spacial score (nSPS) is 44.7. The molecule has 74 valence electrons. The highest BCUT2D eigenvalue weighted by atomic mass is 16.4. The Balaban J connectivity index is 2.93. The fourth-order valence-electron chi connectivity index (χ4n) is 2.58. The molecule has 1 rings (SSSR count). The zero-order valence-corrected chi connectivity index (χ0v) is 8.53. The van der Waals surface area contributed by atoms with Gasteiger partial charge in [0, 0.05) is 0 Å². The van der Waals surface area contributed by atoms with Crippen LogP contribution in [0.2, 0.25) is 0 Å². The Morgan fingerprint density at radius 3 is 2.08 bits per heavy atom. The van der Waals surface area contributed by atoms with E-state index < -0.39 is 5.97 Å². The summed E-state index contributed by atoms with van der Waals surface area (Å²) in [4.78, 5) is 11.0. The molecule has 2 nitrogen and oxygen atoms in total. The average molecular weight is 182 g/mol. The first-order chi connectivity index (χ1) is 6.00. The second-order valence-corrected chi connectivity index (χ2v) is 4.25. The minimum atomic E-state index is -0.673. The molecule has 0 radical (unpaired) electrons. The summed E-state index contributed by atoms with van der Waals surface area (Å²) in [6.45, 7) is 10.0. The predicted molar refractivity (Wildman–Crippen MR) is 52.3 cm³/mol. The molecule has 0 amide bonds. The average Bonchev–Trinajstić information content (AvgIpc) is 2.29. The highest BCUT2D eigenvalue weighted by molar-refractivity contribution is 5.71. The molecule has 0 aromatic heterocycles. The molecule has 0 aliphatic heterocycles. The van der Waals surface area contributed by atoms with Gasteiger partial charge in [-0.2, -0.15) is 0 Å². The van der Waals surface area contributed by atoms with E-state index >= 15 is 0 Å². The van der Waals surface area contributed by atoms with Gasteiger partial charge >= 0.3 is 5.97 Å². The zero-order chi connectivity index (χ0) is 10.2. The number of carboxylic acids is 1. The molecule has 1 N–H and O–H groups in total. The van der Waals surface area contributed by atoms with Crippen LogP contribution in [-0.4, -0.2) is 11.1 Å². The zero-order valence-electron chi connectivity index (χ0n) is 8.53. The van der Waals surface area contributed by atoms with Crippen molar-refractivity contribution in [3.05, 3.63) is 12.7 Å². The van der Waals surface area contributed by atoms with E-state index in [1.807, 2.05) is 13.0 Å². The van der Waals surface area contributed by atoms with Crippen molar-refractivity contribution in [2.45, 2.75) is 20.8 Å². The van der Waals surface area contributed by atoms with Gasteiger partial charge in [0.2, 0.25) is 0 Å². The van der Waals surface area contributed by atoms with Crippen LogP contribution < -0.4 is 0 Å². The maximum absolute atomic E-state index is 11.0. The van der Waals surface area contributed by atoms with Crippen LogP contribution in [0.3, 0.4) is 0 Å². The van der Waals surface area contributed by atoms with E-state index in [2.05, 4.69) is 20.4 Å². The summed E-state index contributed by atoms with van der Waals surface area (Å²) < 4.78 is 0. The van der Waals surface area contributed by atoms with Gasteiger partial charge in [-0.25, -0.2) is 0 Å². The lowest BCUT2D eigenvalue weighted by Crippen LogP contribution is -2.23. The van der Waals surface area contributed by atoms with Crippen molar-refractivity contribution in [2.24, 2.45) is 29.6 Å². The van der Waals surface area contributed by atoms with Crippen LogP contribution >= 0.6 is 0 Å². The molecule has 4 unspecified atom stereocenters. The molecule has 0 spiro atoms. The second kappa shape index (κ2) is 3.52. The lowest BCUT2D eigenvalue weighted by molar-refractivity contribution is -0.144. The first-order valence-corrected chi connectivity index (χ1v) is 4.86. The molecule has 0 aromatic carbocycles. The van der Waals surface area contributed by atoms with E-state index in [0.29, 0.717) is 11.8 Å². The smallest absolute Gasteiger partial charge is 0.307 e. The summed E-state index contributed by atoms with van der Waals surface area (Å²) in [6, 6.07) is 0. The SMILES string of the molecule is C=CC1C(C)C(C)[C@@H](C)C1C(=O)O. The summed E-state index contributed by atoms with van der Waals surface area (Å²) >= 11 is 0. The van der Waals surface area contributed by atoms with E-state index in [9.17, 15) is 4.79 Å². The first-order valence-electron chi connectivity index (χ1n) is 4.86. The topological polar surface area (TPSA) is 37.3 Å². The largest absolute Gasteiger partial charge is 0.481 e. The lowest BCUT2D eigenvalue weighted by Gasteiger charge is -2.16. The van der Waals surface area contributed by atoms with Gasteiger partial charge in [-0.1, -0.05) is 26.8 Å². The number of allylic oxidation sites excluding steroid dienone is 1. The molecule has 13 heavy (non-hydrogen) atoms. The Morgan fingerprint density at radius 1 is 1.23 bits per heavy atom. The molecule has 1 saturated carbocycles. The number of carboxylic acid groups (broad SMARTS) is 1. The molecule has 1 aliphatic rings. The van der Waals surface area contributed by atoms with E-state index in [0.717, 1.165) is 0 Å². The summed E-state index contributed by atoms with van der Waals surface area (Å²) in [5.41, 5.74) is 0. The highest BCUT2D eigenvalue weighted by Crippen LogP contribution is 2.46. The van der Waals surface area contributed by atoms with Gasteiger partial charge < -0.3 is 5.11 Å². The van der Waals surface area contributed by atoms with Gasteiger partial charge in [0.05, 0.1) is 5.92 Å². The van der Waals surface area contributed by atoms with Gasteiger partial charge in [0.25, 0.3) is 0 Å². The van der Waals surface area contributed by atoms with E-state index in [1.54, 1.807) is 0 Å². The number of carbonyl (C=O) groups is 1. The fourth-order valence-corrected chi connectivity index (χ4v) is 2.58. The fraction of sp³-hybridized carbons (Fsp3) is 0.727. The molecule has 1 aliphatic carbocycles. The van der Waals surface area contributed by atoms with Crippen molar-refractivity contribution in [2.75, 3.05) is 0 Å². The van der Waals surface area contributed by atoms with Crippen molar-refractivity contribution in [1.29, 1.82) is 0 Å². The van der Waals surface area contributed by atoms with Crippen LogP contribution in [0.15, 0.2) is 12.7 Å². The Morgan fingerprint density at radius 2 is 1.77 bits per heavy atom. The van der Waals surface area contributed by atoms with Crippen LogP contribution in [0.25, 0.3) is 0 Å². The molecule has 0 aromatic rings. The maximum atomic E-state index is 11.0. The minimum Gasteiger partial charge on any atom is -0.481 e. The third-order valence-electron chi connectivity index (χ3n) is 3.80. The Kier molecular flexibility index (Phi) is 2.79. The Bertz CT molecular complexity index is 222. The summed E-state index contributed by atoms with van der Waals surface area (Å²) in [6.07, 6.45) is 1.81. The van der Waals surface area contributed by atoms with E-state index in [4.69, 9.17) is 5.11 Å². The standard InChI is InChI=1S/C11H18O2/c1-5-9-7(3)6(2)8(4)10(9)11(12)13/h5-10H,1H2,2-4H3,(H,12,13)/t6?,7?,8-,9?,10?/m1/s1. The molecule has 0 heterocycles. The molecule has 2 heteroatoms. The summed E-state index contributed by atoms with van der Waals surface area (Å²) in [5.74, 6) is 0.409. The van der Waals surface area contributed by atoms with Gasteiger partial charge in [-0.05, 0) is 23.7 Å². The van der Waals surface area contributed by atoms with Crippen LogP contribution in [0, 0.1) is 29.6 Å². The van der Waals surface area contributed by atoms with Crippen LogP contribution in [0.1, 0.15) is 20.8 Å². The van der Waals surface area contributed by atoms with Crippen molar-refractivity contribution in [3.8, 4) is 0 Å². The highest BCUT2D eigenvalue weighted by Gasteiger charge is 2.46. The van der Waals surface area contributed by atoms with E-state index in [-0.39, 0.29) is 17.8 Å². The van der Waals surface area contributed by atoms with Crippen LogP contribution in [0.5, 0.6) is 0 Å². The quantitative estimate of drug-likeness (QED) is 0.666. The van der Waals surface area contributed by atoms with Crippen molar-refractivity contribution >= 4 is 5.97 Å². The number of hydrogen-bond acceptors (Lipinski definition) is 1. The molecule has 5 atom stereocenters. The minimum absolute atomic E-state index is 0.141. The van der Waals surface area contributed by atoms with E-state index in [1.165, 1.54) is 0 Å². The van der Waals surface area contributed by atoms with Gasteiger partial charge in [0.15, 0.2) is 0 Å². The van der Waals surface area contributed by atoms with Crippen LogP contribution in [0.4, 0.5) is 0 Å². The second-order valence-electron chi connectivity index (χ2n) is 4.25. The Hall–Kier alpha value is -0.790. The third-order valence-corrected chi connectivity index (χ3v) is 3.80. The summed E-state index contributed by atoms with van der Waals surface area (Å²) in [5, 5.41) is 9.07. The number of rotatable bonds is 2. The molecular weight excluding hydrogens is 164 g/mol. The van der Waals surface area contributed by atoms with Gasteiger partial charge in [-0.15, -0.1) is 6.58 Å². The van der Waals surface area contributed by atoms with Crippen molar-refractivity contribution < 1.29 is 9.90 Å². The van der Waals surface area contributed by atoms with Gasteiger partial charge in [-0.3, -0.25) is 4.79 Å². The summed E-state index contributed by atoms with van der Waals surface area (Å²) in [7, 11) is 0. The molecule has 0 bridgehead atoms. The maximum Gasteiger partial charge on any atom is 0.307 e. The van der Waals surface area contributed by atoms with Crippen LogP contribution in [-0.2, 0) is 4.79 Å². The third kappa shape index (κ3) is 1.50. The Labute approximate surface area is 79.6 Å². The first kappa shape index (κ1) is 10.3. The predicted octanol–water partition coefficient (Wildman–Crippen LogP) is 2.41.